The molecular formula is C20H22F2N4OS2. The SMILES string of the molecule is CCCc1cc(-c2nnc(SCC(=O)Nc3ccc(F)cc3F)n2CCC)cs1. The minimum atomic E-state index is -0.805. The maximum atomic E-state index is 13.7. The largest absolute Gasteiger partial charge is 0.323 e. The van der Waals surface area contributed by atoms with Crippen LogP contribution in [0.15, 0.2) is 34.8 Å². The van der Waals surface area contributed by atoms with E-state index in [4.69, 9.17) is 0 Å². The molecule has 0 spiro atoms. The van der Waals surface area contributed by atoms with E-state index in [-0.39, 0.29) is 11.4 Å². The van der Waals surface area contributed by atoms with E-state index in [1.54, 1.807) is 11.3 Å². The number of amides is 1. The van der Waals surface area contributed by atoms with Crippen LogP contribution in [0.2, 0.25) is 0 Å². The summed E-state index contributed by atoms with van der Waals surface area (Å²) >= 11 is 2.95. The normalized spacial score (nSPS) is 11.0. The molecule has 0 radical (unpaired) electrons. The molecule has 2 aromatic heterocycles. The smallest absolute Gasteiger partial charge is 0.234 e. The van der Waals surface area contributed by atoms with E-state index in [1.165, 1.54) is 22.7 Å². The van der Waals surface area contributed by atoms with Gasteiger partial charge in [-0.3, -0.25) is 4.79 Å². The number of thiophene rings is 1. The van der Waals surface area contributed by atoms with Crippen LogP contribution >= 0.6 is 23.1 Å². The van der Waals surface area contributed by atoms with Crippen molar-refractivity contribution in [3.63, 3.8) is 0 Å². The van der Waals surface area contributed by atoms with Gasteiger partial charge in [0.1, 0.15) is 11.6 Å². The van der Waals surface area contributed by atoms with Crippen molar-refractivity contribution in [1.29, 1.82) is 0 Å². The van der Waals surface area contributed by atoms with Crippen LogP contribution in [0.3, 0.4) is 0 Å². The summed E-state index contributed by atoms with van der Waals surface area (Å²) in [6, 6.07) is 5.18. The van der Waals surface area contributed by atoms with Crippen molar-refractivity contribution in [3.8, 4) is 11.4 Å². The summed E-state index contributed by atoms with van der Waals surface area (Å²) in [5.41, 5.74) is 0.985. The molecule has 3 aromatic rings. The number of thioether (sulfide) groups is 1. The fourth-order valence-electron chi connectivity index (χ4n) is 2.82. The Balaban J connectivity index is 1.70. The Kier molecular flexibility index (Phi) is 7.38. The number of halogens is 2. The van der Waals surface area contributed by atoms with Crippen LogP contribution in [0.5, 0.6) is 0 Å². The molecular weight excluding hydrogens is 414 g/mol. The predicted octanol–water partition coefficient (Wildman–Crippen LogP) is 5.38. The quantitative estimate of drug-likeness (QED) is 0.458. The molecule has 0 bridgehead atoms. The lowest BCUT2D eigenvalue weighted by Crippen LogP contribution is -2.15. The Morgan fingerprint density at radius 1 is 1.21 bits per heavy atom. The Hall–Kier alpha value is -2.26. The molecule has 0 atom stereocenters. The molecule has 0 saturated heterocycles. The fourth-order valence-corrected chi connectivity index (χ4v) is 4.55. The number of aryl methyl sites for hydroxylation is 1. The van der Waals surface area contributed by atoms with Crippen LogP contribution in [0, 0.1) is 11.6 Å². The molecule has 29 heavy (non-hydrogen) atoms. The van der Waals surface area contributed by atoms with Crippen LogP contribution in [0.4, 0.5) is 14.5 Å². The van der Waals surface area contributed by atoms with E-state index in [0.29, 0.717) is 5.16 Å². The zero-order valence-corrected chi connectivity index (χ0v) is 17.9. The molecule has 1 aromatic carbocycles. The van der Waals surface area contributed by atoms with Crippen molar-refractivity contribution in [2.24, 2.45) is 0 Å². The standard InChI is InChI=1S/C20H22F2N4OS2/c1-3-5-15-9-13(11-28-15)19-24-25-20(26(19)8-4-2)29-12-18(27)23-17-7-6-14(21)10-16(17)22/h6-7,9-11H,3-5,8,12H2,1-2H3,(H,23,27). The third-order valence-corrected chi connectivity index (χ3v) is 6.07. The van der Waals surface area contributed by atoms with E-state index < -0.39 is 17.5 Å². The van der Waals surface area contributed by atoms with Gasteiger partial charge in [-0.05, 0) is 31.0 Å². The van der Waals surface area contributed by atoms with Gasteiger partial charge in [-0.25, -0.2) is 8.78 Å². The first kappa shape index (κ1) is 21.4. The van der Waals surface area contributed by atoms with E-state index in [0.717, 1.165) is 49.3 Å². The van der Waals surface area contributed by atoms with E-state index in [9.17, 15) is 13.6 Å². The van der Waals surface area contributed by atoms with Crippen LogP contribution in [-0.4, -0.2) is 26.4 Å². The number of hydrogen-bond acceptors (Lipinski definition) is 5. The first-order chi connectivity index (χ1) is 14.0. The molecule has 0 unspecified atom stereocenters. The minimum absolute atomic E-state index is 0.0450. The number of nitrogens with zero attached hydrogens (tertiary/aromatic N) is 3. The molecule has 154 valence electrons. The lowest BCUT2D eigenvalue weighted by Gasteiger charge is -2.09. The molecule has 0 aliphatic heterocycles. The molecule has 0 aliphatic carbocycles. The third-order valence-electron chi connectivity index (χ3n) is 4.11. The van der Waals surface area contributed by atoms with Gasteiger partial charge in [-0.2, -0.15) is 0 Å². The molecule has 1 amide bonds. The number of rotatable bonds is 9. The molecule has 0 aliphatic rings. The average molecular weight is 437 g/mol. The maximum Gasteiger partial charge on any atom is 0.234 e. The van der Waals surface area contributed by atoms with Crippen LogP contribution in [0.25, 0.3) is 11.4 Å². The van der Waals surface area contributed by atoms with Crippen molar-refractivity contribution >= 4 is 34.7 Å². The first-order valence-electron chi connectivity index (χ1n) is 9.40. The van der Waals surface area contributed by atoms with Gasteiger partial charge in [-0.1, -0.05) is 32.0 Å². The highest BCUT2D eigenvalue weighted by Crippen LogP contribution is 2.29. The van der Waals surface area contributed by atoms with Crippen LogP contribution in [-0.2, 0) is 17.8 Å². The molecule has 0 fully saturated rings. The molecule has 1 N–H and O–H groups in total. The van der Waals surface area contributed by atoms with E-state index >= 15 is 0 Å². The Morgan fingerprint density at radius 2 is 2.03 bits per heavy atom. The van der Waals surface area contributed by atoms with Crippen molar-refractivity contribution in [1.82, 2.24) is 14.8 Å². The van der Waals surface area contributed by atoms with Crippen LogP contribution < -0.4 is 5.32 Å². The van der Waals surface area contributed by atoms with E-state index in [2.05, 4.69) is 40.8 Å². The first-order valence-corrected chi connectivity index (χ1v) is 11.3. The zero-order valence-electron chi connectivity index (χ0n) is 16.2. The monoisotopic (exact) mass is 436 g/mol. The summed E-state index contributed by atoms with van der Waals surface area (Å²) in [6.07, 6.45) is 3.03. The van der Waals surface area contributed by atoms with Gasteiger partial charge in [0.05, 0.1) is 11.4 Å². The second-order valence-electron chi connectivity index (χ2n) is 6.47. The highest BCUT2D eigenvalue weighted by Gasteiger charge is 2.17. The fraction of sp³-hybridized carbons (Fsp3) is 0.350. The number of nitrogens with one attached hydrogen (secondary N) is 1. The number of carbonyl (C=O) groups excluding carboxylic acids is 1. The van der Waals surface area contributed by atoms with Gasteiger partial charge >= 0.3 is 0 Å². The van der Waals surface area contributed by atoms with E-state index in [1.807, 2.05) is 4.57 Å². The molecule has 0 saturated carbocycles. The number of benzene rings is 1. The molecule has 3 rings (SSSR count). The van der Waals surface area contributed by atoms with Gasteiger partial charge in [0.2, 0.25) is 5.91 Å². The summed E-state index contributed by atoms with van der Waals surface area (Å²) in [4.78, 5) is 13.5. The van der Waals surface area contributed by atoms with Crippen molar-refractivity contribution in [2.75, 3.05) is 11.1 Å². The Bertz CT molecular complexity index is 987. The van der Waals surface area contributed by atoms with Gasteiger partial charge in [0.25, 0.3) is 0 Å². The topological polar surface area (TPSA) is 59.8 Å². The van der Waals surface area contributed by atoms with Crippen molar-refractivity contribution in [3.05, 3.63) is 46.2 Å². The predicted molar refractivity (Wildman–Crippen MR) is 113 cm³/mol. The summed E-state index contributed by atoms with van der Waals surface area (Å²) in [7, 11) is 0. The Labute approximate surface area is 176 Å². The number of carbonyl (C=O) groups is 1. The highest BCUT2D eigenvalue weighted by molar-refractivity contribution is 7.99. The second-order valence-corrected chi connectivity index (χ2v) is 8.41. The highest BCUT2D eigenvalue weighted by atomic mass is 32.2. The Morgan fingerprint density at radius 3 is 2.76 bits per heavy atom. The van der Waals surface area contributed by atoms with Crippen LogP contribution in [0.1, 0.15) is 31.6 Å². The van der Waals surface area contributed by atoms with Gasteiger partial charge in [-0.15, -0.1) is 21.5 Å². The number of anilines is 1. The number of aromatic nitrogens is 3. The third kappa shape index (κ3) is 5.42. The molecule has 2 heterocycles. The van der Waals surface area contributed by atoms with Gasteiger partial charge in [0.15, 0.2) is 11.0 Å². The van der Waals surface area contributed by atoms with Gasteiger partial charge < -0.3 is 9.88 Å². The maximum absolute atomic E-state index is 13.7. The summed E-state index contributed by atoms with van der Waals surface area (Å²) in [5, 5.41) is 13.8. The molecule has 5 nitrogen and oxygen atoms in total. The van der Waals surface area contributed by atoms with Crippen molar-refractivity contribution in [2.45, 2.75) is 44.8 Å². The number of hydrogen-bond donors (Lipinski definition) is 1. The van der Waals surface area contributed by atoms with Crippen molar-refractivity contribution < 1.29 is 13.6 Å². The lowest BCUT2D eigenvalue weighted by molar-refractivity contribution is -0.113. The average Bonchev–Trinajstić information content (AvgIpc) is 3.30. The zero-order chi connectivity index (χ0) is 20.8. The van der Waals surface area contributed by atoms with Gasteiger partial charge in [0, 0.05) is 28.4 Å². The summed E-state index contributed by atoms with van der Waals surface area (Å²) in [5.74, 6) is -1.05. The molecule has 9 heteroatoms. The second kappa shape index (κ2) is 9.98. The minimum Gasteiger partial charge on any atom is -0.323 e. The summed E-state index contributed by atoms with van der Waals surface area (Å²) < 4.78 is 28.7. The lowest BCUT2D eigenvalue weighted by atomic mass is 10.2. The summed E-state index contributed by atoms with van der Waals surface area (Å²) in [6.45, 7) is 4.95.